The van der Waals surface area contributed by atoms with Crippen LogP contribution in [-0.4, -0.2) is 49.1 Å². The fourth-order valence-corrected chi connectivity index (χ4v) is 3.01. The number of fused-ring (bicyclic) bond motifs is 1. The summed E-state index contributed by atoms with van der Waals surface area (Å²) in [5, 5.41) is 11.9. The summed E-state index contributed by atoms with van der Waals surface area (Å²) in [4.78, 5) is 23.0. The lowest BCUT2D eigenvalue weighted by atomic mass is 9.85. The van der Waals surface area contributed by atoms with Gasteiger partial charge in [0.1, 0.15) is 11.9 Å². The van der Waals surface area contributed by atoms with Gasteiger partial charge in [0, 0.05) is 13.0 Å². The number of ether oxygens (including phenoxy) is 3. The minimum Gasteiger partial charge on any atom is -0.466 e. The highest BCUT2D eigenvalue weighted by Gasteiger charge is 2.74. The Kier molecular flexibility index (Phi) is 3.75. The molecular formula is C13H19NO6. The second-order valence-electron chi connectivity index (χ2n) is 5.19. The molecule has 0 spiro atoms. The molecule has 0 bridgehead atoms. The Labute approximate surface area is 116 Å². The molecule has 3 atom stereocenters. The molecule has 1 heterocycles. The third-order valence-corrected chi connectivity index (χ3v) is 4.26. The molecule has 2 N–H and O–H groups in total. The number of esters is 1. The first-order valence-corrected chi connectivity index (χ1v) is 6.42. The number of epoxide rings is 1. The van der Waals surface area contributed by atoms with Gasteiger partial charge in [-0.1, -0.05) is 0 Å². The monoisotopic (exact) mass is 285 g/mol. The summed E-state index contributed by atoms with van der Waals surface area (Å²) in [6.45, 7) is 1.71. The van der Waals surface area contributed by atoms with Crippen molar-refractivity contribution in [3.05, 3.63) is 11.8 Å². The van der Waals surface area contributed by atoms with Gasteiger partial charge in [-0.3, -0.25) is 0 Å². The molecule has 20 heavy (non-hydrogen) atoms. The van der Waals surface area contributed by atoms with Crippen molar-refractivity contribution < 1.29 is 28.9 Å². The molecule has 7 heteroatoms. The average molecular weight is 285 g/mol. The van der Waals surface area contributed by atoms with Crippen LogP contribution in [-0.2, 0) is 19.0 Å². The second-order valence-corrected chi connectivity index (χ2v) is 5.19. The van der Waals surface area contributed by atoms with Crippen molar-refractivity contribution in [2.24, 2.45) is 5.92 Å². The molecule has 1 aliphatic carbocycles. The summed E-state index contributed by atoms with van der Waals surface area (Å²) in [5.74, 6) is -0.943. The van der Waals surface area contributed by atoms with Crippen molar-refractivity contribution in [3.63, 3.8) is 0 Å². The predicted octanol–water partition coefficient (Wildman–Crippen LogP) is 0.329. The Bertz CT molecular complexity index is 462. The van der Waals surface area contributed by atoms with Crippen LogP contribution >= 0.6 is 0 Å². The Morgan fingerprint density at radius 1 is 1.55 bits per heavy atom. The van der Waals surface area contributed by atoms with Gasteiger partial charge >= 0.3 is 12.1 Å². The van der Waals surface area contributed by atoms with Crippen LogP contribution in [0, 0.1) is 5.92 Å². The van der Waals surface area contributed by atoms with Gasteiger partial charge in [0.2, 0.25) is 0 Å². The lowest BCUT2D eigenvalue weighted by molar-refractivity contribution is -0.137. The number of alkyl carbamates (subject to hydrolysis) is 1. The van der Waals surface area contributed by atoms with Crippen molar-refractivity contribution >= 4 is 12.1 Å². The van der Waals surface area contributed by atoms with Crippen molar-refractivity contribution in [1.82, 2.24) is 5.32 Å². The molecule has 3 unspecified atom stereocenters. The van der Waals surface area contributed by atoms with Gasteiger partial charge in [-0.05, 0) is 19.8 Å². The van der Waals surface area contributed by atoms with E-state index in [2.05, 4.69) is 5.32 Å². The molecule has 2 rings (SSSR count). The number of carbonyl (C=O) groups is 2. The lowest BCUT2D eigenvalue weighted by Crippen LogP contribution is -2.33. The van der Waals surface area contributed by atoms with E-state index in [1.807, 2.05) is 6.92 Å². The van der Waals surface area contributed by atoms with Crippen LogP contribution in [0.15, 0.2) is 11.8 Å². The van der Waals surface area contributed by atoms with Crippen LogP contribution in [0.3, 0.4) is 0 Å². The number of amides is 1. The first kappa shape index (κ1) is 14.8. The lowest BCUT2D eigenvalue weighted by Gasteiger charge is -2.20. The molecule has 0 radical (unpaired) electrons. The van der Waals surface area contributed by atoms with Crippen LogP contribution in [0.5, 0.6) is 0 Å². The molecule has 2 fully saturated rings. The van der Waals surface area contributed by atoms with Crippen LogP contribution in [0.2, 0.25) is 0 Å². The summed E-state index contributed by atoms with van der Waals surface area (Å²) in [7, 11) is 2.67. The predicted molar refractivity (Wildman–Crippen MR) is 67.7 cm³/mol. The van der Waals surface area contributed by atoms with E-state index in [1.165, 1.54) is 14.2 Å². The molecule has 0 aromatic carbocycles. The summed E-state index contributed by atoms with van der Waals surface area (Å²) >= 11 is 0. The molecule has 1 saturated heterocycles. The van der Waals surface area contributed by atoms with E-state index in [9.17, 15) is 14.7 Å². The number of nitrogens with one attached hydrogen (secondary N) is 1. The highest BCUT2D eigenvalue weighted by atomic mass is 16.6. The third-order valence-electron chi connectivity index (χ3n) is 4.26. The van der Waals surface area contributed by atoms with Crippen LogP contribution in [0.1, 0.15) is 19.8 Å². The quantitative estimate of drug-likeness (QED) is 0.334. The van der Waals surface area contributed by atoms with E-state index < -0.39 is 23.3 Å². The molecule has 1 amide bonds. The molecule has 112 valence electrons. The third kappa shape index (κ3) is 2.06. The topological polar surface area (TPSA) is 97.4 Å². The zero-order chi connectivity index (χ0) is 15.0. The number of rotatable bonds is 4. The Balaban J connectivity index is 2.24. The number of hydrogen-bond donors (Lipinski definition) is 2. The maximum Gasteiger partial charge on any atom is 0.411 e. The standard InChI is InChI=1S/C13H19NO6/c1-12-5-4-9(13(12,7-15)20-12)8(10(16)18-3)6-19-11(17)14-2/h6,9,15H,4-5,7H2,1-3H3,(H,14,17). The first-order valence-electron chi connectivity index (χ1n) is 6.42. The molecule has 2 aliphatic rings. The maximum atomic E-state index is 11.9. The van der Waals surface area contributed by atoms with Gasteiger partial charge in [-0.15, -0.1) is 0 Å². The first-order chi connectivity index (χ1) is 9.44. The molecule has 7 nitrogen and oxygen atoms in total. The van der Waals surface area contributed by atoms with Gasteiger partial charge in [0.25, 0.3) is 0 Å². The summed E-state index contributed by atoms with van der Waals surface area (Å²) in [5.41, 5.74) is -1.00. The van der Waals surface area contributed by atoms with Crippen molar-refractivity contribution in [2.45, 2.75) is 31.0 Å². The Morgan fingerprint density at radius 3 is 2.75 bits per heavy atom. The number of hydrogen-bond acceptors (Lipinski definition) is 6. The molecule has 1 saturated carbocycles. The van der Waals surface area contributed by atoms with Crippen molar-refractivity contribution in [2.75, 3.05) is 20.8 Å². The molecule has 0 aromatic rings. The van der Waals surface area contributed by atoms with Gasteiger partial charge in [0.15, 0.2) is 0 Å². The summed E-state index contributed by atoms with van der Waals surface area (Å²) < 4.78 is 15.2. The minimum absolute atomic E-state index is 0.192. The average Bonchev–Trinajstić information content (AvgIpc) is 2.97. The normalized spacial score (nSPS) is 35.2. The summed E-state index contributed by atoms with van der Waals surface area (Å²) in [6.07, 6.45) is 1.80. The van der Waals surface area contributed by atoms with Gasteiger partial charge < -0.3 is 24.6 Å². The Hall–Kier alpha value is -1.60. The van der Waals surface area contributed by atoms with Crippen molar-refractivity contribution in [1.29, 1.82) is 0 Å². The van der Waals surface area contributed by atoms with E-state index in [1.54, 1.807) is 0 Å². The molecular weight excluding hydrogens is 266 g/mol. The van der Waals surface area contributed by atoms with Gasteiger partial charge in [-0.25, -0.2) is 9.59 Å². The number of methoxy groups -OCH3 is 1. The Morgan fingerprint density at radius 2 is 2.25 bits per heavy atom. The number of carbonyl (C=O) groups excluding carboxylic acids is 2. The van der Waals surface area contributed by atoms with Gasteiger partial charge in [-0.2, -0.15) is 0 Å². The molecule has 1 aliphatic heterocycles. The van der Waals surface area contributed by atoms with E-state index >= 15 is 0 Å². The zero-order valence-electron chi connectivity index (χ0n) is 11.8. The highest BCUT2D eigenvalue weighted by molar-refractivity contribution is 5.89. The van der Waals surface area contributed by atoms with E-state index in [4.69, 9.17) is 14.2 Å². The van der Waals surface area contributed by atoms with Crippen LogP contribution in [0.25, 0.3) is 0 Å². The number of aliphatic hydroxyl groups is 1. The zero-order valence-corrected chi connectivity index (χ0v) is 11.8. The van der Waals surface area contributed by atoms with Crippen LogP contribution in [0.4, 0.5) is 4.79 Å². The minimum atomic E-state index is -0.779. The fraction of sp³-hybridized carbons (Fsp3) is 0.692. The van der Waals surface area contributed by atoms with Crippen LogP contribution < -0.4 is 5.32 Å². The largest absolute Gasteiger partial charge is 0.466 e. The second kappa shape index (κ2) is 5.06. The van der Waals surface area contributed by atoms with Gasteiger partial charge in [0.05, 0.1) is 24.9 Å². The van der Waals surface area contributed by atoms with E-state index in [0.29, 0.717) is 6.42 Å². The fourth-order valence-electron chi connectivity index (χ4n) is 3.01. The summed E-state index contributed by atoms with van der Waals surface area (Å²) in [6, 6.07) is 0. The SMILES string of the molecule is CNC(=O)OC=C(C(=O)OC)C1CCC2(C)OC12CO. The molecule has 0 aromatic heterocycles. The highest BCUT2D eigenvalue weighted by Crippen LogP contribution is 2.63. The van der Waals surface area contributed by atoms with E-state index in [-0.39, 0.29) is 18.1 Å². The smallest absolute Gasteiger partial charge is 0.411 e. The maximum absolute atomic E-state index is 11.9. The van der Waals surface area contributed by atoms with Crippen molar-refractivity contribution in [3.8, 4) is 0 Å². The van der Waals surface area contributed by atoms with E-state index in [0.717, 1.165) is 12.7 Å². The number of aliphatic hydroxyl groups excluding tert-OH is 1.